The van der Waals surface area contributed by atoms with Gasteiger partial charge in [0.25, 0.3) is 0 Å². The number of carboxylic acid groups (broad SMARTS) is 1. The highest BCUT2D eigenvalue weighted by atomic mass is 16.5. The third kappa shape index (κ3) is 5.46. The van der Waals surface area contributed by atoms with Crippen molar-refractivity contribution in [3.63, 3.8) is 0 Å². The summed E-state index contributed by atoms with van der Waals surface area (Å²) in [5.41, 5.74) is 0. The van der Waals surface area contributed by atoms with Gasteiger partial charge in [-0.05, 0) is 18.8 Å². The molecule has 1 fully saturated rings. The average molecular weight is 258 g/mol. The predicted molar refractivity (Wildman–Crippen MR) is 66.2 cm³/mol. The quantitative estimate of drug-likeness (QED) is 0.597. The van der Waals surface area contributed by atoms with Gasteiger partial charge in [0.2, 0.25) is 5.91 Å². The molecule has 6 heteroatoms. The zero-order chi connectivity index (χ0) is 13.5. The lowest BCUT2D eigenvalue weighted by Gasteiger charge is -2.12. The number of rotatable bonds is 7. The van der Waals surface area contributed by atoms with Crippen LogP contribution in [-0.4, -0.2) is 48.8 Å². The van der Waals surface area contributed by atoms with Crippen LogP contribution >= 0.6 is 0 Å². The molecule has 104 valence electrons. The number of hydrogen-bond donors (Lipinski definition) is 3. The largest absolute Gasteiger partial charge is 0.479 e. The molecule has 0 aromatic carbocycles. The topological polar surface area (TPSA) is 87.7 Å². The summed E-state index contributed by atoms with van der Waals surface area (Å²) in [5.74, 6) is -0.521. The maximum Gasteiger partial charge on any atom is 0.332 e. The first-order valence-electron chi connectivity index (χ1n) is 6.34. The molecule has 6 nitrogen and oxygen atoms in total. The van der Waals surface area contributed by atoms with Crippen molar-refractivity contribution >= 4 is 11.9 Å². The minimum absolute atomic E-state index is 0.0449. The highest BCUT2D eigenvalue weighted by molar-refractivity contribution is 5.77. The van der Waals surface area contributed by atoms with Gasteiger partial charge in [0, 0.05) is 13.1 Å². The Kier molecular flexibility index (Phi) is 6.07. The van der Waals surface area contributed by atoms with Crippen LogP contribution in [0.4, 0.5) is 0 Å². The summed E-state index contributed by atoms with van der Waals surface area (Å²) in [6.45, 7) is 5.49. The molecule has 3 N–H and O–H groups in total. The van der Waals surface area contributed by atoms with Crippen LogP contribution in [0.5, 0.6) is 0 Å². The van der Waals surface area contributed by atoms with Gasteiger partial charge >= 0.3 is 5.97 Å². The second-order valence-electron chi connectivity index (χ2n) is 4.99. The number of carbonyl (C=O) groups is 2. The van der Waals surface area contributed by atoms with E-state index in [0.29, 0.717) is 25.4 Å². The van der Waals surface area contributed by atoms with E-state index in [1.165, 1.54) is 0 Å². The van der Waals surface area contributed by atoms with Crippen LogP contribution in [0.3, 0.4) is 0 Å². The third-order valence-electron chi connectivity index (χ3n) is 2.75. The van der Waals surface area contributed by atoms with Gasteiger partial charge in [-0.2, -0.15) is 0 Å². The first-order chi connectivity index (χ1) is 8.49. The smallest absolute Gasteiger partial charge is 0.332 e. The number of ether oxygens (including phenoxy) is 1. The molecular formula is C12H22N2O4. The van der Waals surface area contributed by atoms with Crippen LogP contribution in [0, 0.1) is 5.92 Å². The van der Waals surface area contributed by atoms with Crippen molar-refractivity contribution in [1.29, 1.82) is 0 Å². The Morgan fingerprint density at radius 1 is 1.39 bits per heavy atom. The van der Waals surface area contributed by atoms with Crippen LogP contribution in [-0.2, 0) is 14.3 Å². The second-order valence-corrected chi connectivity index (χ2v) is 4.99. The van der Waals surface area contributed by atoms with Gasteiger partial charge in [-0.1, -0.05) is 13.8 Å². The highest BCUT2D eigenvalue weighted by Crippen LogP contribution is 2.18. The Morgan fingerprint density at radius 3 is 2.67 bits per heavy atom. The Morgan fingerprint density at radius 2 is 2.11 bits per heavy atom. The molecule has 18 heavy (non-hydrogen) atoms. The minimum Gasteiger partial charge on any atom is -0.479 e. The van der Waals surface area contributed by atoms with E-state index in [1.807, 2.05) is 13.8 Å². The zero-order valence-electron chi connectivity index (χ0n) is 10.9. The van der Waals surface area contributed by atoms with E-state index >= 15 is 0 Å². The molecule has 1 aliphatic rings. The van der Waals surface area contributed by atoms with E-state index in [1.54, 1.807) is 0 Å². The fraction of sp³-hybridized carbons (Fsp3) is 0.833. The van der Waals surface area contributed by atoms with E-state index in [4.69, 9.17) is 9.84 Å². The maximum atomic E-state index is 11.4. The highest BCUT2D eigenvalue weighted by Gasteiger charge is 2.29. The molecule has 2 unspecified atom stereocenters. The fourth-order valence-corrected chi connectivity index (χ4v) is 1.76. The van der Waals surface area contributed by atoms with Crippen molar-refractivity contribution < 1.29 is 19.4 Å². The summed E-state index contributed by atoms with van der Waals surface area (Å²) in [7, 11) is 0. The lowest BCUT2D eigenvalue weighted by molar-refractivity contribution is -0.149. The molecule has 0 bridgehead atoms. The van der Waals surface area contributed by atoms with Crippen molar-refractivity contribution in [3.05, 3.63) is 0 Å². The SMILES string of the molecule is CC(C)CNC(=O)CNCC1CCC(C(=O)O)O1. The summed E-state index contributed by atoms with van der Waals surface area (Å²) >= 11 is 0. The summed E-state index contributed by atoms with van der Waals surface area (Å²) in [6, 6.07) is 0. The second kappa shape index (κ2) is 7.33. The minimum atomic E-state index is -0.910. The van der Waals surface area contributed by atoms with Gasteiger partial charge in [-0.15, -0.1) is 0 Å². The van der Waals surface area contributed by atoms with Crippen LogP contribution in [0.15, 0.2) is 0 Å². The number of hydrogen-bond acceptors (Lipinski definition) is 4. The van der Waals surface area contributed by atoms with Crippen LogP contribution in [0.25, 0.3) is 0 Å². The molecule has 0 aliphatic carbocycles. The summed E-state index contributed by atoms with van der Waals surface area (Å²) < 4.78 is 5.31. The molecule has 1 heterocycles. The van der Waals surface area contributed by atoms with Gasteiger partial charge in [0.05, 0.1) is 12.6 Å². The summed E-state index contributed by atoms with van der Waals surface area (Å²) in [5, 5.41) is 14.5. The summed E-state index contributed by atoms with van der Waals surface area (Å²) in [4.78, 5) is 22.1. The fourth-order valence-electron chi connectivity index (χ4n) is 1.76. The van der Waals surface area contributed by atoms with E-state index in [0.717, 1.165) is 6.42 Å². The van der Waals surface area contributed by atoms with E-state index in [-0.39, 0.29) is 18.6 Å². The Hall–Kier alpha value is -1.14. The van der Waals surface area contributed by atoms with Crippen LogP contribution in [0.1, 0.15) is 26.7 Å². The predicted octanol–water partition coefficient (Wildman–Crippen LogP) is -0.0196. The van der Waals surface area contributed by atoms with Gasteiger partial charge in [0.15, 0.2) is 6.10 Å². The van der Waals surface area contributed by atoms with E-state index in [9.17, 15) is 9.59 Å². The summed E-state index contributed by atoms with van der Waals surface area (Å²) in [6.07, 6.45) is 0.467. The number of carboxylic acids is 1. The van der Waals surface area contributed by atoms with Gasteiger partial charge in [0.1, 0.15) is 0 Å². The molecule has 2 atom stereocenters. The molecule has 1 rings (SSSR count). The number of aliphatic carboxylic acids is 1. The Labute approximate surface area is 107 Å². The van der Waals surface area contributed by atoms with E-state index < -0.39 is 12.1 Å². The maximum absolute atomic E-state index is 11.4. The normalized spacial score (nSPS) is 23.3. The van der Waals surface area contributed by atoms with Gasteiger partial charge < -0.3 is 20.5 Å². The number of nitrogens with one attached hydrogen (secondary N) is 2. The van der Waals surface area contributed by atoms with Gasteiger partial charge in [-0.3, -0.25) is 4.79 Å². The Balaban J connectivity index is 2.08. The lowest BCUT2D eigenvalue weighted by Crippen LogP contribution is -2.38. The van der Waals surface area contributed by atoms with Crippen molar-refractivity contribution in [1.82, 2.24) is 10.6 Å². The van der Waals surface area contributed by atoms with Crippen LogP contribution in [0.2, 0.25) is 0 Å². The third-order valence-corrected chi connectivity index (χ3v) is 2.75. The first kappa shape index (κ1) is 14.9. The standard InChI is InChI=1S/C12H22N2O4/c1-8(2)5-14-11(15)7-13-6-9-3-4-10(18-9)12(16)17/h8-10,13H,3-7H2,1-2H3,(H,14,15)(H,16,17). The number of carbonyl (C=O) groups excluding carboxylic acids is 1. The van der Waals surface area contributed by atoms with Crippen molar-refractivity contribution in [2.75, 3.05) is 19.6 Å². The van der Waals surface area contributed by atoms with Crippen LogP contribution < -0.4 is 10.6 Å². The zero-order valence-corrected chi connectivity index (χ0v) is 10.9. The average Bonchev–Trinajstić information content (AvgIpc) is 2.75. The molecular weight excluding hydrogens is 236 g/mol. The van der Waals surface area contributed by atoms with Crippen molar-refractivity contribution in [2.24, 2.45) is 5.92 Å². The molecule has 1 saturated heterocycles. The molecule has 0 aromatic heterocycles. The molecule has 0 spiro atoms. The molecule has 0 radical (unpaired) electrons. The lowest BCUT2D eigenvalue weighted by atomic mass is 10.2. The monoisotopic (exact) mass is 258 g/mol. The molecule has 0 saturated carbocycles. The molecule has 0 aromatic rings. The van der Waals surface area contributed by atoms with Gasteiger partial charge in [-0.25, -0.2) is 4.79 Å². The number of amides is 1. The molecule has 1 amide bonds. The van der Waals surface area contributed by atoms with E-state index in [2.05, 4.69) is 10.6 Å². The first-order valence-corrected chi connectivity index (χ1v) is 6.34. The Bertz CT molecular complexity index is 294. The molecule has 1 aliphatic heterocycles. The van der Waals surface area contributed by atoms with Crippen molar-refractivity contribution in [3.8, 4) is 0 Å². The van der Waals surface area contributed by atoms with Crippen molar-refractivity contribution in [2.45, 2.75) is 38.9 Å².